The van der Waals surface area contributed by atoms with Gasteiger partial charge in [0.2, 0.25) is 5.91 Å². The number of carbonyl (C=O) groups is 1. The average Bonchev–Trinajstić information content (AvgIpc) is 2.89. The van der Waals surface area contributed by atoms with E-state index in [9.17, 15) is 18.4 Å². The minimum Gasteiger partial charge on any atom is -0.368 e. The number of nitrogens with one attached hydrogen (secondary N) is 1. The van der Waals surface area contributed by atoms with E-state index in [2.05, 4.69) is 19.8 Å². The van der Waals surface area contributed by atoms with Gasteiger partial charge < -0.3 is 14.8 Å². The number of H-pyrrole nitrogens is 1. The van der Waals surface area contributed by atoms with Crippen molar-refractivity contribution in [2.45, 2.75) is 24.7 Å². The van der Waals surface area contributed by atoms with Gasteiger partial charge in [-0.05, 0) is 42.0 Å². The molecular weight excluding hydrogens is 484 g/mol. The number of hydrogen-bond donors (Lipinski definition) is 1. The van der Waals surface area contributed by atoms with Crippen LogP contribution in [0.3, 0.4) is 0 Å². The summed E-state index contributed by atoms with van der Waals surface area (Å²) in [6, 6.07) is 12.8. The predicted octanol–water partition coefficient (Wildman–Crippen LogP) is 3.05. The van der Waals surface area contributed by atoms with Crippen LogP contribution >= 0.6 is 11.8 Å². The van der Waals surface area contributed by atoms with Crippen LogP contribution in [0.1, 0.15) is 16.8 Å². The first-order chi connectivity index (χ1) is 17.4. The molecule has 36 heavy (non-hydrogen) atoms. The number of nitrogens with zero attached hydrogens (tertiary/aromatic N) is 4. The third-order valence-electron chi connectivity index (χ3n) is 6.60. The molecule has 1 fully saturated rings. The summed E-state index contributed by atoms with van der Waals surface area (Å²) >= 11 is 1.25. The Balaban J connectivity index is 1.13. The van der Waals surface area contributed by atoms with E-state index in [1.54, 1.807) is 24.3 Å². The number of halogens is 2. The zero-order valence-electron chi connectivity index (χ0n) is 19.8. The molecule has 1 amide bonds. The summed E-state index contributed by atoms with van der Waals surface area (Å²) in [6.45, 7) is 4.43. The molecule has 5 rings (SSSR count). The first-order valence-electron chi connectivity index (χ1n) is 11.9. The van der Waals surface area contributed by atoms with E-state index >= 15 is 0 Å². The van der Waals surface area contributed by atoms with Crippen molar-refractivity contribution in [1.82, 2.24) is 19.8 Å². The summed E-state index contributed by atoms with van der Waals surface area (Å²) in [4.78, 5) is 39.1. The smallest absolute Gasteiger partial charge is 0.256 e. The van der Waals surface area contributed by atoms with E-state index in [1.165, 1.54) is 36.0 Å². The molecule has 2 aliphatic rings. The monoisotopic (exact) mass is 511 g/mol. The van der Waals surface area contributed by atoms with Gasteiger partial charge in [0.15, 0.2) is 5.16 Å². The number of carbonyl (C=O) groups excluding carboxylic acids is 1. The number of hydrogen-bond acceptors (Lipinski definition) is 6. The quantitative estimate of drug-likeness (QED) is 0.405. The SMILES string of the molecule is O=C(CSc1nc2c(c(=O)[nH]1)CN(Cc1ccc(F)cc1)CC2)N1CCN(c2ccc(F)cc2)CC1. The highest BCUT2D eigenvalue weighted by Crippen LogP contribution is 2.21. The molecule has 10 heteroatoms. The van der Waals surface area contributed by atoms with Crippen LogP contribution in [0.25, 0.3) is 0 Å². The molecule has 0 atom stereocenters. The van der Waals surface area contributed by atoms with E-state index in [0.717, 1.165) is 23.5 Å². The molecule has 1 aromatic heterocycles. The Morgan fingerprint density at radius 1 is 0.944 bits per heavy atom. The van der Waals surface area contributed by atoms with Crippen LogP contribution in [0.15, 0.2) is 58.5 Å². The van der Waals surface area contributed by atoms with Crippen LogP contribution in [0, 0.1) is 11.6 Å². The zero-order valence-corrected chi connectivity index (χ0v) is 20.6. The Hall–Kier alpha value is -3.24. The average molecular weight is 512 g/mol. The molecule has 0 aliphatic carbocycles. The van der Waals surface area contributed by atoms with Gasteiger partial charge in [-0.2, -0.15) is 0 Å². The third kappa shape index (κ3) is 5.76. The summed E-state index contributed by atoms with van der Waals surface area (Å²) in [5, 5.41) is 0.462. The molecule has 0 bridgehead atoms. The summed E-state index contributed by atoms with van der Waals surface area (Å²) in [5.41, 5.74) is 3.19. The van der Waals surface area contributed by atoms with Crippen molar-refractivity contribution >= 4 is 23.4 Å². The number of aromatic amines is 1. The molecule has 2 aliphatic heterocycles. The second kappa shape index (κ2) is 10.8. The summed E-state index contributed by atoms with van der Waals surface area (Å²) in [5.74, 6) is -0.320. The summed E-state index contributed by atoms with van der Waals surface area (Å²) in [6.07, 6.45) is 0.646. The largest absolute Gasteiger partial charge is 0.368 e. The number of rotatable bonds is 6. The third-order valence-corrected chi connectivity index (χ3v) is 7.46. The molecule has 188 valence electrons. The minimum atomic E-state index is -0.265. The number of aromatic nitrogens is 2. The van der Waals surface area contributed by atoms with Crippen molar-refractivity contribution < 1.29 is 13.6 Å². The fourth-order valence-corrected chi connectivity index (χ4v) is 5.38. The van der Waals surface area contributed by atoms with E-state index in [-0.39, 0.29) is 28.9 Å². The van der Waals surface area contributed by atoms with Crippen LogP contribution in [0.5, 0.6) is 0 Å². The second-order valence-corrected chi connectivity index (χ2v) is 9.98. The van der Waals surface area contributed by atoms with Gasteiger partial charge in [0.1, 0.15) is 11.6 Å². The van der Waals surface area contributed by atoms with Gasteiger partial charge in [-0.1, -0.05) is 23.9 Å². The van der Waals surface area contributed by atoms with Gasteiger partial charge in [0.25, 0.3) is 5.56 Å². The lowest BCUT2D eigenvalue weighted by molar-refractivity contribution is -0.128. The number of piperazine rings is 1. The van der Waals surface area contributed by atoms with Gasteiger partial charge in [-0.15, -0.1) is 0 Å². The number of amides is 1. The normalized spacial score (nSPS) is 16.2. The molecule has 3 heterocycles. The van der Waals surface area contributed by atoms with E-state index in [0.29, 0.717) is 56.4 Å². The van der Waals surface area contributed by atoms with Crippen molar-refractivity contribution in [3.05, 3.63) is 87.3 Å². The topological polar surface area (TPSA) is 72.5 Å². The number of anilines is 1. The lowest BCUT2D eigenvalue weighted by atomic mass is 10.1. The second-order valence-electron chi connectivity index (χ2n) is 9.02. The molecule has 3 aromatic rings. The van der Waals surface area contributed by atoms with Gasteiger partial charge in [-0.25, -0.2) is 13.8 Å². The van der Waals surface area contributed by atoms with Crippen molar-refractivity contribution in [2.24, 2.45) is 0 Å². The Morgan fingerprint density at radius 3 is 2.31 bits per heavy atom. The molecule has 1 saturated heterocycles. The molecule has 0 saturated carbocycles. The highest BCUT2D eigenvalue weighted by Gasteiger charge is 2.24. The van der Waals surface area contributed by atoms with E-state index in [1.807, 2.05) is 4.90 Å². The van der Waals surface area contributed by atoms with Gasteiger partial charge in [-0.3, -0.25) is 14.5 Å². The van der Waals surface area contributed by atoms with Crippen molar-refractivity contribution in [1.29, 1.82) is 0 Å². The number of benzene rings is 2. The maximum Gasteiger partial charge on any atom is 0.256 e. The number of thioether (sulfide) groups is 1. The van der Waals surface area contributed by atoms with Crippen LogP contribution in [0.2, 0.25) is 0 Å². The van der Waals surface area contributed by atoms with Crippen molar-refractivity contribution in [2.75, 3.05) is 43.4 Å². The lowest BCUT2D eigenvalue weighted by Crippen LogP contribution is -2.49. The zero-order chi connectivity index (χ0) is 25.1. The molecule has 1 N–H and O–H groups in total. The molecule has 0 unspecified atom stereocenters. The molecule has 0 spiro atoms. The summed E-state index contributed by atoms with van der Waals surface area (Å²) < 4.78 is 26.3. The Bertz CT molecular complexity index is 1270. The predicted molar refractivity (Wildman–Crippen MR) is 135 cm³/mol. The van der Waals surface area contributed by atoms with E-state index in [4.69, 9.17) is 0 Å². The van der Waals surface area contributed by atoms with Crippen LogP contribution in [0.4, 0.5) is 14.5 Å². The lowest BCUT2D eigenvalue weighted by Gasteiger charge is -2.36. The maximum atomic E-state index is 13.2. The Morgan fingerprint density at radius 2 is 1.61 bits per heavy atom. The minimum absolute atomic E-state index is 0.00426. The fraction of sp³-hybridized carbons (Fsp3) is 0.346. The molecule has 2 aromatic carbocycles. The Labute approximate surface area is 212 Å². The van der Waals surface area contributed by atoms with Gasteiger partial charge in [0, 0.05) is 57.9 Å². The maximum absolute atomic E-state index is 13.2. The standard InChI is InChI=1S/C26H27F2N5O2S/c27-19-3-1-18(2-4-19)15-31-10-9-23-22(16-31)25(35)30-26(29-23)36-17-24(34)33-13-11-32(12-14-33)21-7-5-20(28)6-8-21/h1-8H,9-17H2,(H,29,30,35). The molecule has 0 radical (unpaired) electrons. The van der Waals surface area contributed by atoms with Crippen LogP contribution in [-0.2, 0) is 24.3 Å². The van der Waals surface area contributed by atoms with Crippen molar-refractivity contribution in [3.63, 3.8) is 0 Å². The highest BCUT2D eigenvalue weighted by atomic mass is 32.2. The Kier molecular flexibility index (Phi) is 7.33. The summed E-state index contributed by atoms with van der Waals surface area (Å²) in [7, 11) is 0. The van der Waals surface area contributed by atoms with Crippen LogP contribution in [-0.4, -0.2) is 64.2 Å². The highest BCUT2D eigenvalue weighted by molar-refractivity contribution is 7.99. The van der Waals surface area contributed by atoms with E-state index < -0.39 is 0 Å². The molecular formula is C26H27F2N5O2S. The fourth-order valence-electron chi connectivity index (χ4n) is 4.60. The van der Waals surface area contributed by atoms with Crippen LogP contribution < -0.4 is 10.5 Å². The van der Waals surface area contributed by atoms with Gasteiger partial charge in [0.05, 0.1) is 17.0 Å². The van der Waals surface area contributed by atoms with Gasteiger partial charge >= 0.3 is 0 Å². The molecule has 7 nitrogen and oxygen atoms in total. The van der Waals surface area contributed by atoms with Crippen molar-refractivity contribution in [3.8, 4) is 0 Å². The first-order valence-corrected chi connectivity index (χ1v) is 12.9. The number of fused-ring (bicyclic) bond motifs is 1. The first kappa shape index (κ1) is 24.5.